The normalized spacial score (nSPS) is 29.1. The minimum atomic E-state index is -2.96. The van der Waals surface area contributed by atoms with Crippen molar-refractivity contribution in [1.29, 1.82) is 0 Å². The summed E-state index contributed by atoms with van der Waals surface area (Å²) in [6, 6.07) is 3.13. The Hall–Kier alpha value is -3.29. The number of alkyl halides is 2. The van der Waals surface area contributed by atoms with Crippen molar-refractivity contribution >= 4 is 29.1 Å². The molecular formula is C29H32F3N5O4S. The number of rotatable bonds is 8. The number of fused-ring (bicyclic) bond motifs is 1. The highest BCUT2D eigenvalue weighted by Gasteiger charge is 2.59. The Kier molecular flexibility index (Phi) is 7.60. The van der Waals surface area contributed by atoms with Crippen LogP contribution in [0.1, 0.15) is 41.9 Å². The molecule has 0 radical (unpaired) electrons. The second-order valence-corrected chi connectivity index (χ2v) is 12.3. The van der Waals surface area contributed by atoms with Crippen LogP contribution >= 0.6 is 11.3 Å². The van der Waals surface area contributed by atoms with Gasteiger partial charge in [-0.25, -0.2) is 22.9 Å². The molecule has 0 bridgehead atoms. The number of ether oxygens (including phenoxy) is 1. The SMILES string of the molecule is CCOC(=O)C1=C(CN2CC(F)(F)C3CN(C4CC(C(=O)O)C4)CC32)NC(c2nccs2)=NC1c1cccc(F)c1C. The van der Waals surface area contributed by atoms with E-state index in [1.807, 2.05) is 4.90 Å². The van der Waals surface area contributed by atoms with Crippen LogP contribution in [0.5, 0.6) is 0 Å². The quantitative estimate of drug-likeness (QED) is 0.441. The van der Waals surface area contributed by atoms with Crippen LogP contribution in [-0.4, -0.2) is 88.5 Å². The summed E-state index contributed by atoms with van der Waals surface area (Å²) in [5, 5.41) is 14.8. The van der Waals surface area contributed by atoms with E-state index in [4.69, 9.17) is 9.73 Å². The zero-order valence-corrected chi connectivity index (χ0v) is 24.0. The highest BCUT2D eigenvalue weighted by molar-refractivity contribution is 7.11. The van der Waals surface area contributed by atoms with Crippen molar-refractivity contribution < 1.29 is 32.6 Å². The molecule has 4 heterocycles. The number of carbonyl (C=O) groups excluding carboxylic acids is 1. The molecule has 2 aromatic rings. The summed E-state index contributed by atoms with van der Waals surface area (Å²) < 4.78 is 51.0. The van der Waals surface area contributed by atoms with Gasteiger partial charge in [0.15, 0.2) is 10.8 Å². The van der Waals surface area contributed by atoms with E-state index < -0.39 is 54.1 Å². The lowest BCUT2D eigenvalue weighted by Crippen LogP contribution is -2.49. The number of carboxylic acid groups (broad SMARTS) is 1. The van der Waals surface area contributed by atoms with Gasteiger partial charge in [0.25, 0.3) is 5.92 Å². The minimum Gasteiger partial charge on any atom is -0.481 e. The number of nitrogens with zero attached hydrogens (tertiary/aromatic N) is 4. The fraction of sp³-hybridized carbons (Fsp3) is 0.517. The van der Waals surface area contributed by atoms with E-state index in [0.29, 0.717) is 47.1 Å². The predicted molar refractivity (Wildman–Crippen MR) is 149 cm³/mol. The van der Waals surface area contributed by atoms with E-state index in [2.05, 4.69) is 10.3 Å². The molecule has 3 fully saturated rings. The lowest BCUT2D eigenvalue weighted by molar-refractivity contribution is -0.147. The van der Waals surface area contributed by atoms with E-state index >= 15 is 8.78 Å². The number of aliphatic carboxylic acids is 1. The molecule has 9 nitrogen and oxygen atoms in total. The maximum atomic E-state index is 15.4. The van der Waals surface area contributed by atoms with Crippen LogP contribution < -0.4 is 5.32 Å². The van der Waals surface area contributed by atoms with Crippen LogP contribution in [0.4, 0.5) is 13.2 Å². The first-order valence-corrected chi connectivity index (χ1v) is 14.9. The number of carbonyl (C=O) groups is 2. The molecule has 0 amide bonds. The summed E-state index contributed by atoms with van der Waals surface area (Å²) >= 11 is 1.33. The van der Waals surface area contributed by atoms with Gasteiger partial charge in [0, 0.05) is 49.0 Å². The molecule has 1 saturated carbocycles. The number of benzene rings is 1. The number of aliphatic imine (C=N–C) groups is 1. The van der Waals surface area contributed by atoms with Gasteiger partial charge in [0.1, 0.15) is 11.9 Å². The van der Waals surface area contributed by atoms with Crippen molar-refractivity contribution in [2.24, 2.45) is 16.8 Å². The molecule has 2 N–H and O–H groups in total. The number of thiazole rings is 1. The van der Waals surface area contributed by atoms with Gasteiger partial charge < -0.3 is 15.2 Å². The van der Waals surface area contributed by atoms with Crippen LogP contribution in [0.25, 0.3) is 0 Å². The highest BCUT2D eigenvalue weighted by Crippen LogP contribution is 2.46. The third-order valence-electron chi connectivity index (χ3n) is 8.94. The number of carboxylic acids is 1. The zero-order chi connectivity index (χ0) is 29.8. The molecule has 224 valence electrons. The number of hydrogen-bond donors (Lipinski definition) is 2. The second kappa shape index (κ2) is 11.1. The van der Waals surface area contributed by atoms with Crippen LogP contribution in [0, 0.1) is 24.6 Å². The lowest BCUT2D eigenvalue weighted by atomic mass is 9.79. The van der Waals surface area contributed by atoms with Crippen LogP contribution in [-0.2, 0) is 14.3 Å². The number of halogens is 3. The Balaban J connectivity index is 1.35. The summed E-state index contributed by atoms with van der Waals surface area (Å²) in [4.78, 5) is 37.6. The fourth-order valence-corrected chi connectivity index (χ4v) is 7.22. The van der Waals surface area contributed by atoms with Gasteiger partial charge in [0.2, 0.25) is 0 Å². The smallest absolute Gasteiger partial charge is 0.338 e. The van der Waals surface area contributed by atoms with Gasteiger partial charge in [-0.1, -0.05) is 12.1 Å². The summed E-state index contributed by atoms with van der Waals surface area (Å²) in [5.41, 5.74) is 1.32. The largest absolute Gasteiger partial charge is 0.481 e. The van der Waals surface area contributed by atoms with Crippen molar-refractivity contribution in [3.63, 3.8) is 0 Å². The first kappa shape index (κ1) is 28.8. The average Bonchev–Trinajstić information content (AvgIpc) is 3.64. The van der Waals surface area contributed by atoms with Crippen molar-refractivity contribution in [2.45, 2.75) is 50.7 Å². The Morgan fingerprint density at radius 1 is 1.26 bits per heavy atom. The number of amidine groups is 1. The maximum absolute atomic E-state index is 15.4. The summed E-state index contributed by atoms with van der Waals surface area (Å²) in [5.74, 6) is -5.88. The standard InChI is InChI=1S/C29H32F3N5O4S/c1-3-41-28(40)23-21(34-25(26-33-7-8-42-26)35-24(23)18-5-4-6-20(30)15(18)2)12-37-14-29(31,32)19-11-36(13-22(19)37)17-9-16(10-17)27(38)39/h4-8,16-17,19,22,24H,3,9-14H2,1-2H3,(H,34,35)(H,38,39). The van der Waals surface area contributed by atoms with Crippen LogP contribution in [0.2, 0.25) is 0 Å². The van der Waals surface area contributed by atoms with E-state index in [1.165, 1.54) is 17.4 Å². The second-order valence-electron chi connectivity index (χ2n) is 11.4. The molecule has 0 spiro atoms. The van der Waals surface area contributed by atoms with Crippen molar-refractivity contribution in [3.8, 4) is 0 Å². The Bertz CT molecular complexity index is 1440. The minimum absolute atomic E-state index is 0.00355. The molecule has 3 aliphatic heterocycles. The number of esters is 1. The van der Waals surface area contributed by atoms with Crippen molar-refractivity contribution in [1.82, 2.24) is 20.1 Å². The third-order valence-corrected chi connectivity index (χ3v) is 9.72. The van der Waals surface area contributed by atoms with E-state index in [0.717, 1.165) is 0 Å². The number of hydrogen-bond acceptors (Lipinski definition) is 9. The molecule has 42 heavy (non-hydrogen) atoms. The van der Waals surface area contributed by atoms with Crippen LogP contribution in [0.15, 0.2) is 46.0 Å². The summed E-state index contributed by atoms with van der Waals surface area (Å²) in [6.45, 7) is 3.48. The lowest BCUT2D eigenvalue weighted by Gasteiger charge is -2.40. The van der Waals surface area contributed by atoms with Crippen molar-refractivity contribution in [2.75, 3.05) is 32.8 Å². The van der Waals surface area contributed by atoms with Gasteiger partial charge in [-0.3, -0.25) is 19.6 Å². The molecule has 6 rings (SSSR count). The van der Waals surface area contributed by atoms with E-state index in [1.54, 1.807) is 42.5 Å². The predicted octanol–water partition coefficient (Wildman–Crippen LogP) is 3.61. The number of nitrogens with one attached hydrogen (secondary N) is 1. The Labute approximate surface area is 245 Å². The average molecular weight is 604 g/mol. The van der Waals surface area contributed by atoms with Crippen LogP contribution in [0.3, 0.4) is 0 Å². The molecule has 3 atom stereocenters. The van der Waals surface area contributed by atoms with E-state index in [-0.39, 0.29) is 31.3 Å². The third kappa shape index (κ3) is 5.11. The molecule has 1 aromatic heterocycles. The molecule has 1 aliphatic carbocycles. The molecule has 4 aliphatic rings. The molecule has 13 heteroatoms. The van der Waals surface area contributed by atoms with Gasteiger partial charge in [-0.05, 0) is 43.9 Å². The summed E-state index contributed by atoms with van der Waals surface area (Å²) in [6.07, 6.45) is 2.54. The zero-order valence-electron chi connectivity index (χ0n) is 23.2. The fourth-order valence-electron chi connectivity index (χ4n) is 6.63. The topological polar surface area (TPSA) is 107 Å². The van der Waals surface area contributed by atoms with Gasteiger partial charge in [-0.2, -0.15) is 0 Å². The van der Waals surface area contributed by atoms with Gasteiger partial charge in [0.05, 0.1) is 30.6 Å². The number of aromatic nitrogens is 1. The monoisotopic (exact) mass is 603 g/mol. The molecular weight excluding hydrogens is 571 g/mol. The first-order valence-electron chi connectivity index (χ1n) is 14.1. The number of likely N-dealkylation sites (tertiary alicyclic amines) is 2. The maximum Gasteiger partial charge on any atom is 0.338 e. The highest BCUT2D eigenvalue weighted by atomic mass is 32.1. The van der Waals surface area contributed by atoms with Gasteiger partial charge >= 0.3 is 11.9 Å². The van der Waals surface area contributed by atoms with E-state index in [9.17, 15) is 19.1 Å². The molecule has 3 unspecified atom stereocenters. The Morgan fingerprint density at radius 3 is 2.74 bits per heavy atom. The van der Waals surface area contributed by atoms with Crippen molar-refractivity contribution in [3.05, 3.63) is 63.0 Å². The molecule has 2 saturated heterocycles. The molecule has 1 aromatic carbocycles. The summed E-state index contributed by atoms with van der Waals surface area (Å²) in [7, 11) is 0. The first-order chi connectivity index (χ1) is 20.1. The van der Waals surface area contributed by atoms with Gasteiger partial charge in [-0.15, -0.1) is 11.3 Å². The Morgan fingerprint density at radius 2 is 2.05 bits per heavy atom.